The first-order chi connectivity index (χ1) is 11.8. The Balaban J connectivity index is 1.46. The summed E-state index contributed by atoms with van der Waals surface area (Å²) in [7, 11) is 0. The SMILES string of the molecule is O[C@H](C[C@@H]1CCCCCN1Cc1nnnn1C1CC1)c1ccco1. The predicted octanol–water partition coefficient (Wildman–Crippen LogP) is 2.47. The first-order valence-corrected chi connectivity index (χ1v) is 9.03. The summed E-state index contributed by atoms with van der Waals surface area (Å²) in [4.78, 5) is 2.45. The van der Waals surface area contributed by atoms with Gasteiger partial charge in [0.1, 0.15) is 11.9 Å². The van der Waals surface area contributed by atoms with E-state index in [0.29, 0.717) is 24.3 Å². The molecule has 7 heteroatoms. The van der Waals surface area contributed by atoms with E-state index in [1.807, 2.05) is 16.8 Å². The highest BCUT2D eigenvalue weighted by molar-refractivity contribution is 5.03. The van der Waals surface area contributed by atoms with Crippen LogP contribution in [-0.4, -0.2) is 42.8 Å². The number of furan rings is 1. The molecule has 2 fully saturated rings. The fourth-order valence-corrected chi connectivity index (χ4v) is 3.67. The highest BCUT2D eigenvalue weighted by Crippen LogP contribution is 2.35. The van der Waals surface area contributed by atoms with Crippen LogP contribution in [0.15, 0.2) is 22.8 Å². The molecule has 0 amide bonds. The second-order valence-electron chi connectivity index (χ2n) is 7.01. The van der Waals surface area contributed by atoms with Gasteiger partial charge in [0, 0.05) is 6.04 Å². The van der Waals surface area contributed by atoms with Crippen LogP contribution in [0, 0.1) is 0 Å². The maximum atomic E-state index is 10.5. The molecule has 24 heavy (non-hydrogen) atoms. The Bertz CT molecular complexity index is 637. The minimum absolute atomic E-state index is 0.331. The summed E-state index contributed by atoms with van der Waals surface area (Å²) in [5.74, 6) is 1.61. The molecule has 2 aliphatic rings. The van der Waals surface area contributed by atoms with Crippen LogP contribution < -0.4 is 0 Å². The van der Waals surface area contributed by atoms with Crippen molar-refractivity contribution in [3.63, 3.8) is 0 Å². The van der Waals surface area contributed by atoms with Gasteiger partial charge >= 0.3 is 0 Å². The molecule has 2 atom stereocenters. The van der Waals surface area contributed by atoms with Crippen LogP contribution in [0.2, 0.25) is 0 Å². The Labute approximate surface area is 141 Å². The van der Waals surface area contributed by atoms with Crippen LogP contribution in [-0.2, 0) is 6.54 Å². The summed E-state index contributed by atoms with van der Waals surface area (Å²) >= 11 is 0. The van der Waals surface area contributed by atoms with Gasteiger partial charge in [-0.05, 0) is 61.2 Å². The Hall–Kier alpha value is -1.73. The molecule has 2 aromatic rings. The van der Waals surface area contributed by atoms with E-state index in [2.05, 4.69) is 20.4 Å². The number of tetrazole rings is 1. The summed E-state index contributed by atoms with van der Waals surface area (Å²) in [6.45, 7) is 1.80. The third-order valence-corrected chi connectivity index (χ3v) is 5.16. The number of likely N-dealkylation sites (tertiary alicyclic amines) is 1. The number of aliphatic hydroxyl groups is 1. The number of rotatable bonds is 6. The summed E-state index contributed by atoms with van der Waals surface area (Å²) in [6.07, 6.45) is 8.87. The van der Waals surface area contributed by atoms with E-state index in [4.69, 9.17) is 4.42 Å². The highest BCUT2D eigenvalue weighted by Gasteiger charge is 2.30. The number of nitrogens with zero attached hydrogens (tertiary/aromatic N) is 5. The van der Waals surface area contributed by atoms with Crippen molar-refractivity contribution < 1.29 is 9.52 Å². The lowest BCUT2D eigenvalue weighted by atomic mass is 10.0. The molecule has 1 aliphatic carbocycles. The summed E-state index contributed by atoms with van der Waals surface area (Å²) in [5.41, 5.74) is 0. The zero-order valence-electron chi connectivity index (χ0n) is 13.9. The molecule has 1 saturated carbocycles. The molecule has 1 aliphatic heterocycles. The molecular weight excluding hydrogens is 306 g/mol. The van der Waals surface area contributed by atoms with Crippen molar-refractivity contribution in [1.82, 2.24) is 25.1 Å². The van der Waals surface area contributed by atoms with Crippen molar-refractivity contribution >= 4 is 0 Å². The van der Waals surface area contributed by atoms with Crippen molar-refractivity contribution in [2.24, 2.45) is 0 Å². The molecule has 2 aromatic heterocycles. The lowest BCUT2D eigenvalue weighted by Crippen LogP contribution is -2.36. The van der Waals surface area contributed by atoms with Crippen LogP contribution in [0.3, 0.4) is 0 Å². The maximum absolute atomic E-state index is 10.5. The first-order valence-electron chi connectivity index (χ1n) is 9.03. The molecule has 130 valence electrons. The molecule has 0 unspecified atom stereocenters. The second kappa shape index (κ2) is 7.03. The van der Waals surface area contributed by atoms with Crippen molar-refractivity contribution in [2.45, 2.75) is 69.7 Å². The van der Waals surface area contributed by atoms with Gasteiger partial charge in [-0.3, -0.25) is 4.90 Å². The first kappa shape index (κ1) is 15.8. The smallest absolute Gasteiger partial charge is 0.165 e. The van der Waals surface area contributed by atoms with Crippen molar-refractivity contribution in [1.29, 1.82) is 0 Å². The van der Waals surface area contributed by atoms with Gasteiger partial charge in [0.05, 0.1) is 18.8 Å². The summed E-state index contributed by atoms with van der Waals surface area (Å²) in [6, 6.07) is 4.50. The summed E-state index contributed by atoms with van der Waals surface area (Å²) in [5, 5.41) is 22.8. The van der Waals surface area contributed by atoms with E-state index in [0.717, 1.165) is 25.3 Å². The fraction of sp³-hybridized carbons (Fsp3) is 0.706. The van der Waals surface area contributed by atoms with Crippen LogP contribution in [0.5, 0.6) is 0 Å². The molecule has 0 radical (unpaired) electrons. The average Bonchev–Trinajstić information content (AvgIpc) is 3.14. The Kier molecular flexibility index (Phi) is 4.62. The third-order valence-electron chi connectivity index (χ3n) is 5.16. The van der Waals surface area contributed by atoms with Gasteiger partial charge in [-0.25, -0.2) is 4.68 Å². The number of aliphatic hydroxyl groups excluding tert-OH is 1. The third kappa shape index (κ3) is 3.52. The Morgan fingerprint density at radius 1 is 1.25 bits per heavy atom. The molecule has 4 rings (SSSR count). The predicted molar refractivity (Wildman–Crippen MR) is 87.0 cm³/mol. The van der Waals surface area contributed by atoms with E-state index >= 15 is 0 Å². The van der Waals surface area contributed by atoms with Gasteiger partial charge in [0.2, 0.25) is 0 Å². The zero-order valence-corrected chi connectivity index (χ0v) is 13.9. The second-order valence-corrected chi connectivity index (χ2v) is 7.01. The topological polar surface area (TPSA) is 80.2 Å². The van der Waals surface area contributed by atoms with E-state index in [9.17, 15) is 5.11 Å². The molecule has 3 heterocycles. The lowest BCUT2D eigenvalue weighted by molar-refractivity contribution is 0.0811. The van der Waals surface area contributed by atoms with Gasteiger partial charge in [-0.1, -0.05) is 12.8 Å². The highest BCUT2D eigenvalue weighted by atomic mass is 16.4. The minimum Gasteiger partial charge on any atom is -0.467 e. The zero-order chi connectivity index (χ0) is 16.4. The van der Waals surface area contributed by atoms with Crippen molar-refractivity contribution in [3.8, 4) is 0 Å². The molecule has 7 nitrogen and oxygen atoms in total. The van der Waals surface area contributed by atoms with E-state index in [1.54, 1.807) is 6.26 Å². The van der Waals surface area contributed by atoms with Gasteiger partial charge in [-0.15, -0.1) is 5.10 Å². The van der Waals surface area contributed by atoms with Gasteiger partial charge in [-0.2, -0.15) is 0 Å². The largest absolute Gasteiger partial charge is 0.467 e. The van der Waals surface area contributed by atoms with Crippen molar-refractivity contribution in [3.05, 3.63) is 30.0 Å². The van der Waals surface area contributed by atoms with E-state index in [-0.39, 0.29) is 0 Å². The van der Waals surface area contributed by atoms with Crippen molar-refractivity contribution in [2.75, 3.05) is 6.54 Å². The van der Waals surface area contributed by atoms with Gasteiger partial charge in [0.15, 0.2) is 5.82 Å². The number of aromatic nitrogens is 4. The van der Waals surface area contributed by atoms with Gasteiger partial charge in [0.25, 0.3) is 0 Å². The van der Waals surface area contributed by atoms with E-state index < -0.39 is 6.10 Å². The minimum atomic E-state index is -0.551. The Morgan fingerprint density at radius 3 is 2.96 bits per heavy atom. The standard InChI is InChI=1S/C17H25N5O2/c23-15(16-6-4-10-24-16)11-14-5-2-1-3-9-21(14)12-17-18-19-20-22(17)13-7-8-13/h4,6,10,13-15,23H,1-3,5,7-9,11-12H2/t14-,15+/m0/s1. The average molecular weight is 331 g/mol. The molecule has 0 spiro atoms. The lowest BCUT2D eigenvalue weighted by Gasteiger charge is -2.30. The maximum Gasteiger partial charge on any atom is 0.165 e. The van der Waals surface area contributed by atoms with Crippen LogP contribution in [0.4, 0.5) is 0 Å². The van der Waals surface area contributed by atoms with Crippen LogP contribution in [0.25, 0.3) is 0 Å². The molecular formula is C17H25N5O2. The normalized spacial score (nSPS) is 24.0. The fourth-order valence-electron chi connectivity index (χ4n) is 3.67. The van der Waals surface area contributed by atoms with E-state index in [1.165, 1.54) is 32.1 Å². The molecule has 1 N–H and O–H groups in total. The van der Waals surface area contributed by atoms with Crippen LogP contribution >= 0.6 is 0 Å². The summed E-state index contributed by atoms with van der Waals surface area (Å²) < 4.78 is 7.35. The Morgan fingerprint density at radius 2 is 2.17 bits per heavy atom. The van der Waals surface area contributed by atoms with Gasteiger partial charge < -0.3 is 9.52 Å². The quantitative estimate of drug-likeness (QED) is 0.876. The number of hydrogen-bond acceptors (Lipinski definition) is 6. The molecule has 0 bridgehead atoms. The van der Waals surface area contributed by atoms with Crippen LogP contribution in [0.1, 0.15) is 68.7 Å². The number of hydrogen-bond donors (Lipinski definition) is 1. The molecule has 1 saturated heterocycles. The monoisotopic (exact) mass is 331 g/mol. The molecule has 0 aromatic carbocycles.